The summed E-state index contributed by atoms with van der Waals surface area (Å²) >= 11 is 0. The summed E-state index contributed by atoms with van der Waals surface area (Å²) in [5.74, 6) is 6.05. The van der Waals surface area contributed by atoms with Gasteiger partial charge in [-0.2, -0.15) is 0 Å². The van der Waals surface area contributed by atoms with Crippen molar-refractivity contribution in [3.8, 4) is 0 Å². The van der Waals surface area contributed by atoms with Crippen LogP contribution in [0.4, 0.5) is 0 Å². The molecule has 0 amide bonds. The van der Waals surface area contributed by atoms with Crippen molar-refractivity contribution < 1.29 is 0 Å². The van der Waals surface area contributed by atoms with Gasteiger partial charge in [0.25, 0.3) is 0 Å². The van der Waals surface area contributed by atoms with Crippen LogP contribution in [0.2, 0.25) is 0 Å². The first-order valence-electron chi connectivity index (χ1n) is 14.8. The Kier molecular flexibility index (Phi) is 36.9. The molecule has 0 unspecified atom stereocenters. The van der Waals surface area contributed by atoms with E-state index in [4.69, 9.17) is 0 Å². The molecule has 0 aliphatic heterocycles. The maximum atomic E-state index is 2.27. The number of unbranched alkanes of at least 4 members (excludes halogenated alkanes) is 1. The maximum Gasteiger partial charge on any atom is -0.0360 e. The van der Waals surface area contributed by atoms with Crippen LogP contribution in [0.15, 0.2) is 0 Å². The molecule has 0 fully saturated rings. The van der Waals surface area contributed by atoms with E-state index >= 15 is 0 Å². The second kappa shape index (κ2) is 28.2. The van der Waals surface area contributed by atoms with Gasteiger partial charge in [-0.25, -0.2) is 0 Å². The summed E-state index contributed by atoms with van der Waals surface area (Å²) in [5.41, 5.74) is 0.500. The van der Waals surface area contributed by atoms with Crippen molar-refractivity contribution in [1.29, 1.82) is 0 Å². The van der Waals surface area contributed by atoms with Crippen LogP contribution < -0.4 is 0 Å². The van der Waals surface area contributed by atoms with Crippen LogP contribution in [0.25, 0.3) is 0 Å². The fourth-order valence-electron chi connectivity index (χ4n) is 2.13. The van der Waals surface area contributed by atoms with Gasteiger partial charge in [-0.05, 0) is 53.3 Å². The van der Waals surface area contributed by atoms with E-state index in [1.54, 1.807) is 0 Å². The van der Waals surface area contributed by atoms with Gasteiger partial charge in [-0.15, -0.1) is 0 Å². The monoisotopic (exact) mass is 473 g/mol. The highest BCUT2D eigenvalue weighted by Crippen LogP contribution is 2.23. The Morgan fingerprint density at radius 2 is 0.758 bits per heavy atom. The lowest BCUT2D eigenvalue weighted by molar-refractivity contribution is 0.283. The van der Waals surface area contributed by atoms with E-state index in [0.717, 1.165) is 41.4 Å². The highest BCUT2D eigenvalue weighted by Gasteiger charge is 2.13. The molecule has 0 aromatic heterocycles. The molecule has 0 spiro atoms. The maximum absolute atomic E-state index is 2.27. The Morgan fingerprint density at radius 1 is 0.455 bits per heavy atom. The minimum atomic E-state index is 0.500. The van der Waals surface area contributed by atoms with Gasteiger partial charge in [0.1, 0.15) is 0 Å². The lowest BCUT2D eigenvalue weighted by Gasteiger charge is -2.22. The van der Waals surface area contributed by atoms with Gasteiger partial charge in [0.15, 0.2) is 0 Å². The Bertz CT molecular complexity index is 297. The lowest BCUT2D eigenvalue weighted by Crippen LogP contribution is -2.12. The van der Waals surface area contributed by atoms with E-state index < -0.39 is 0 Å². The van der Waals surface area contributed by atoms with Crippen molar-refractivity contribution in [3.05, 3.63) is 0 Å². The van der Waals surface area contributed by atoms with Crippen molar-refractivity contribution in [2.75, 3.05) is 0 Å². The fraction of sp³-hybridized carbons (Fsp3) is 1.00. The average Bonchev–Trinajstić information content (AvgIpc) is 2.59. The third kappa shape index (κ3) is 65.3. The molecule has 0 N–H and O–H groups in total. The van der Waals surface area contributed by atoms with Crippen LogP contribution in [0, 0.1) is 46.8 Å². The molecular formula is C33H76. The Labute approximate surface area is 216 Å². The standard InChI is InChI=1S/3C7H16.2C6H14/c1-6(2)7(3,4)5;1-6(2)5-7(3)4;1-4-5-6-7(2)3;1-5(2)6(3)4;1-4-5-6(2)3/h6H,1-5H3;6-7H,5H2,1-4H3;7H,4-6H2,1-3H3;5-6H,1-4H3;6H,4-5H2,1-3H3. The Balaban J connectivity index is -0.0000000992. The van der Waals surface area contributed by atoms with E-state index in [1.165, 1.54) is 38.5 Å². The summed E-state index contributed by atoms with van der Waals surface area (Å²) in [4.78, 5) is 0. The van der Waals surface area contributed by atoms with Crippen molar-refractivity contribution in [2.45, 2.75) is 170 Å². The normalized spacial score (nSPS) is 11.1. The molecule has 0 radical (unpaired) electrons. The average molecular weight is 473 g/mol. The topological polar surface area (TPSA) is 0 Å². The van der Waals surface area contributed by atoms with Gasteiger partial charge in [0.05, 0.1) is 0 Å². The molecule has 0 atom stereocenters. The predicted octanol–water partition coefficient (Wildman–Crippen LogP) is 13.0. The zero-order valence-corrected chi connectivity index (χ0v) is 27.8. The van der Waals surface area contributed by atoms with E-state index in [1.807, 2.05) is 0 Å². The second-order valence-electron chi connectivity index (χ2n) is 13.8. The summed E-state index contributed by atoms with van der Waals surface area (Å²) in [6, 6.07) is 0. The summed E-state index contributed by atoms with van der Waals surface area (Å²) < 4.78 is 0. The largest absolute Gasteiger partial charge is 0.0654 e. The summed E-state index contributed by atoms with van der Waals surface area (Å²) in [7, 11) is 0. The number of rotatable bonds is 8. The van der Waals surface area contributed by atoms with Crippen LogP contribution >= 0.6 is 0 Å². The van der Waals surface area contributed by atoms with Crippen molar-refractivity contribution in [1.82, 2.24) is 0 Å². The van der Waals surface area contributed by atoms with Crippen LogP contribution in [0.1, 0.15) is 170 Å². The van der Waals surface area contributed by atoms with Crippen LogP contribution in [0.3, 0.4) is 0 Å². The van der Waals surface area contributed by atoms with Crippen LogP contribution in [-0.4, -0.2) is 0 Å². The number of hydrogen-bond acceptors (Lipinski definition) is 0. The van der Waals surface area contributed by atoms with Crippen molar-refractivity contribution >= 4 is 0 Å². The quantitative estimate of drug-likeness (QED) is 0.329. The number of hydrogen-bond donors (Lipinski definition) is 0. The predicted molar refractivity (Wildman–Crippen MR) is 162 cm³/mol. The Morgan fingerprint density at radius 3 is 0.788 bits per heavy atom. The molecule has 0 heteroatoms. The summed E-state index contributed by atoms with van der Waals surface area (Å²) in [5, 5.41) is 0. The minimum Gasteiger partial charge on any atom is -0.0654 e. The van der Waals surface area contributed by atoms with Gasteiger partial charge in [-0.3, -0.25) is 0 Å². The third-order valence-corrected chi connectivity index (χ3v) is 6.01. The van der Waals surface area contributed by atoms with Crippen LogP contribution in [-0.2, 0) is 0 Å². The summed E-state index contributed by atoms with van der Waals surface area (Å²) in [6.45, 7) is 42.8. The second-order valence-corrected chi connectivity index (χ2v) is 13.8. The van der Waals surface area contributed by atoms with Crippen LogP contribution in [0.5, 0.6) is 0 Å². The zero-order valence-electron chi connectivity index (χ0n) is 27.8. The van der Waals surface area contributed by atoms with Gasteiger partial charge in [-0.1, -0.05) is 164 Å². The molecule has 33 heavy (non-hydrogen) atoms. The first-order chi connectivity index (χ1) is 14.8. The third-order valence-electron chi connectivity index (χ3n) is 6.01. The SMILES string of the molecule is CC(C)C(C)(C)C.CC(C)C(C)C.CC(C)CC(C)C.CCCC(C)C.CCCCC(C)C. The molecule has 0 heterocycles. The molecule has 0 aliphatic rings. The molecule has 0 saturated carbocycles. The molecule has 0 aromatic rings. The smallest absolute Gasteiger partial charge is 0.0360 e. The van der Waals surface area contributed by atoms with Crippen molar-refractivity contribution in [3.63, 3.8) is 0 Å². The van der Waals surface area contributed by atoms with Gasteiger partial charge < -0.3 is 0 Å². The highest BCUT2D eigenvalue weighted by molar-refractivity contribution is 4.64. The van der Waals surface area contributed by atoms with Gasteiger partial charge in [0.2, 0.25) is 0 Å². The molecule has 0 aliphatic carbocycles. The molecule has 0 aromatic carbocycles. The molecule has 208 valence electrons. The summed E-state index contributed by atoms with van der Waals surface area (Å²) in [6.07, 6.45) is 8.21. The van der Waals surface area contributed by atoms with E-state index in [2.05, 4.69) is 132 Å². The lowest BCUT2D eigenvalue weighted by atomic mass is 9.84. The first-order valence-corrected chi connectivity index (χ1v) is 14.8. The van der Waals surface area contributed by atoms with E-state index in [0.29, 0.717) is 5.41 Å². The minimum absolute atomic E-state index is 0.500. The fourth-order valence-corrected chi connectivity index (χ4v) is 2.13. The molecule has 0 nitrogen and oxygen atoms in total. The molecular weight excluding hydrogens is 396 g/mol. The Hall–Kier alpha value is 0. The highest BCUT2D eigenvalue weighted by atomic mass is 14.2. The molecule has 0 saturated heterocycles. The molecule has 0 bridgehead atoms. The zero-order chi connectivity index (χ0) is 27.8. The van der Waals surface area contributed by atoms with Gasteiger partial charge >= 0.3 is 0 Å². The first kappa shape index (κ1) is 43.1. The van der Waals surface area contributed by atoms with E-state index in [-0.39, 0.29) is 0 Å². The van der Waals surface area contributed by atoms with E-state index in [9.17, 15) is 0 Å². The molecule has 0 rings (SSSR count). The van der Waals surface area contributed by atoms with Gasteiger partial charge in [0, 0.05) is 0 Å². The van der Waals surface area contributed by atoms with Crippen molar-refractivity contribution in [2.24, 2.45) is 46.8 Å².